The van der Waals surface area contributed by atoms with Crippen LogP contribution in [-0.2, 0) is 13.1 Å². The van der Waals surface area contributed by atoms with Gasteiger partial charge in [0.1, 0.15) is 5.69 Å². The standard InChI is InChI=1S/C19H18N2OS/c1-13-12-21-16(10-15-8-5-9-17(23-13)18(15)21)19(22)20-11-14-6-3-2-4-7-14/h2-10,13H,11-12H2,1H3,(H,20,22). The first-order valence-corrected chi connectivity index (χ1v) is 8.71. The number of amides is 1. The number of rotatable bonds is 3. The molecule has 4 rings (SSSR count). The van der Waals surface area contributed by atoms with Gasteiger partial charge in [-0.05, 0) is 17.7 Å². The van der Waals surface area contributed by atoms with Crippen molar-refractivity contribution in [3.05, 3.63) is 65.9 Å². The summed E-state index contributed by atoms with van der Waals surface area (Å²) in [5, 5.41) is 4.66. The second-order valence-corrected chi connectivity index (χ2v) is 7.41. The Bertz CT molecular complexity index is 870. The summed E-state index contributed by atoms with van der Waals surface area (Å²) in [6.07, 6.45) is 0. The number of hydrogen-bond acceptors (Lipinski definition) is 2. The largest absolute Gasteiger partial charge is 0.347 e. The smallest absolute Gasteiger partial charge is 0.268 e. The Morgan fingerprint density at radius 2 is 2.04 bits per heavy atom. The molecule has 1 atom stereocenters. The predicted molar refractivity (Wildman–Crippen MR) is 94.9 cm³/mol. The summed E-state index contributed by atoms with van der Waals surface area (Å²) >= 11 is 1.89. The molecule has 0 spiro atoms. The summed E-state index contributed by atoms with van der Waals surface area (Å²) in [4.78, 5) is 13.9. The molecule has 0 saturated carbocycles. The van der Waals surface area contributed by atoms with Gasteiger partial charge >= 0.3 is 0 Å². The number of benzene rings is 2. The van der Waals surface area contributed by atoms with Crippen molar-refractivity contribution in [1.29, 1.82) is 0 Å². The molecule has 3 nitrogen and oxygen atoms in total. The molecule has 0 bridgehead atoms. The molecule has 1 aliphatic rings. The number of carbonyl (C=O) groups is 1. The second-order valence-electron chi connectivity index (χ2n) is 5.93. The van der Waals surface area contributed by atoms with E-state index in [0.29, 0.717) is 11.8 Å². The lowest BCUT2D eigenvalue weighted by Gasteiger charge is -2.22. The Kier molecular flexibility index (Phi) is 3.62. The minimum absolute atomic E-state index is 0.00453. The maximum Gasteiger partial charge on any atom is 0.268 e. The van der Waals surface area contributed by atoms with E-state index >= 15 is 0 Å². The van der Waals surface area contributed by atoms with Gasteiger partial charge in [-0.25, -0.2) is 0 Å². The van der Waals surface area contributed by atoms with Gasteiger partial charge < -0.3 is 9.88 Å². The van der Waals surface area contributed by atoms with Gasteiger partial charge in [-0.1, -0.05) is 49.4 Å². The molecule has 4 heteroatoms. The molecule has 0 radical (unpaired) electrons. The van der Waals surface area contributed by atoms with Gasteiger partial charge in [0.25, 0.3) is 5.91 Å². The molecule has 1 amide bonds. The van der Waals surface area contributed by atoms with Gasteiger partial charge in [0.05, 0.1) is 5.52 Å². The van der Waals surface area contributed by atoms with Gasteiger partial charge in [-0.3, -0.25) is 4.79 Å². The molecule has 1 unspecified atom stereocenters. The second kappa shape index (κ2) is 5.78. The highest BCUT2D eigenvalue weighted by Gasteiger charge is 2.23. The van der Waals surface area contributed by atoms with Crippen molar-refractivity contribution >= 4 is 28.6 Å². The zero-order valence-electron chi connectivity index (χ0n) is 13.0. The van der Waals surface area contributed by atoms with Crippen LogP contribution in [-0.4, -0.2) is 15.7 Å². The third kappa shape index (κ3) is 2.63. The predicted octanol–water partition coefficient (Wildman–Crippen LogP) is 4.07. The zero-order valence-corrected chi connectivity index (χ0v) is 13.8. The molecule has 2 aromatic carbocycles. The van der Waals surface area contributed by atoms with E-state index in [0.717, 1.165) is 23.2 Å². The van der Waals surface area contributed by atoms with Crippen LogP contribution in [0.3, 0.4) is 0 Å². The average Bonchev–Trinajstić information content (AvgIpc) is 2.94. The number of aromatic nitrogens is 1. The van der Waals surface area contributed by atoms with E-state index in [9.17, 15) is 4.79 Å². The summed E-state index contributed by atoms with van der Waals surface area (Å²) in [5.41, 5.74) is 3.07. The topological polar surface area (TPSA) is 34.0 Å². The lowest BCUT2D eigenvalue weighted by Crippen LogP contribution is -2.27. The Labute approximate surface area is 139 Å². The monoisotopic (exact) mass is 322 g/mol. The summed E-state index contributed by atoms with van der Waals surface area (Å²) in [6, 6.07) is 18.3. The summed E-state index contributed by atoms with van der Waals surface area (Å²) in [6.45, 7) is 3.63. The minimum Gasteiger partial charge on any atom is -0.347 e. The number of para-hydroxylation sites is 1. The number of hydrogen-bond donors (Lipinski definition) is 1. The molecule has 0 fully saturated rings. The molecule has 1 aliphatic heterocycles. The van der Waals surface area contributed by atoms with Crippen LogP contribution in [0.5, 0.6) is 0 Å². The van der Waals surface area contributed by atoms with E-state index in [1.807, 2.05) is 48.2 Å². The summed E-state index contributed by atoms with van der Waals surface area (Å²) < 4.78 is 2.17. The molecule has 0 aliphatic carbocycles. The van der Waals surface area contributed by atoms with Crippen LogP contribution in [0.25, 0.3) is 10.9 Å². The summed E-state index contributed by atoms with van der Waals surface area (Å²) in [5.74, 6) is -0.00453. The Hall–Kier alpha value is -2.20. The Morgan fingerprint density at radius 3 is 2.87 bits per heavy atom. The molecule has 1 aromatic heterocycles. The van der Waals surface area contributed by atoms with Crippen molar-refractivity contribution in [3.8, 4) is 0 Å². The van der Waals surface area contributed by atoms with Crippen molar-refractivity contribution in [2.45, 2.75) is 30.2 Å². The van der Waals surface area contributed by atoms with Crippen molar-refractivity contribution in [2.24, 2.45) is 0 Å². The average molecular weight is 322 g/mol. The third-order valence-corrected chi connectivity index (χ3v) is 5.31. The number of thioether (sulfide) groups is 1. The highest BCUT2D eigenvalue weighted by atomic mass is 32.2. The molecular weight excluding hydrogens is 304 g/mol. The highest BCUT2D eigenvalue weighted by Crippen LogP contribution is 2.38. The quantitative estimate of drug-likeness (QED) is 0.789. The van der Waals surface area contributed by atoms with Crippen LogP contribution >= 0.6 is 11.8 Å². The van der Waals surface area contributed by atoms with E-state index in [1.165, 1.54) is 10.4 Å². The van der Waals surface area contributed by atoms with Crippen LogP contribution in [0.15, 0.2) is 59.5 Å². The van der Waals surface area contributed by atoms with Crippen LogP contribution < -0.4 is 5.32 Å². The van der Waals surface area contributed by atoms with E-state index in [4.69, 9.17) is 0 Å². The van der Waals surface area contributed by atoms with E-state index in [1.54, 1.807) is 0 Å². The van der Waals surface area contributed by atoms with Crippen molar-refractivity contribution < 1.29 is 4.79 Å². The minimum atomic E-state index is -0.00453. The first kappa shape index (κ1) is 14.4. The van der Waals surface area contributed by atoms with Crippen molar-refractivity contribution in [1.82, 2.24) is 9.88 Å². The number of nitrogens with one attached hydrogen (secondary N) is 1. The summed E-state index contributed by atoms with van der Waals surface area (Å²) in [7, 11) is 0. The first-order valence-electron chi connectivity index (χ1n) is 7.83. The molecule has 3 aromatic rings. The number of carbonyl (C=O) groups excluding carboxylic acids is 1. The van der Waals surface area contributed by atoms with Crippen LogP contribution in [0, 0.1) is 0 Å². The Morgan fingerprint density at radius 1 is 1.22 bits per heavy atom. The first-order chi connectivity index (χ1) is 11.2. The van der Waals surface area contributed by atoms with Gasteiger partial charge in [0.15, 0.2) is 0 Å². The van der Waals surface area contributed by atoms with Gasteiger partial charge in [-0.15, -0.1) is 11.8 Å². The van der Waals surface area contributed by atoms with Crippen LogP contribution in [0.4, 0.5) is 0 Å². The molecule has 116 valence electrons. The molecule has 0 saturated heterocycles. The highest BCUT2D eigenvalue weighted by molar-refractivity contribution is 8.00. The molecular formula is C19H18N2OS. The van der Waals surface area contributed by atoms with E-state index in [2.05, 4.69) is 35.0 Å². The van der Waals surface area contributed by atoms with Gasteiger partial charge in [0, 0.05) is 28.6 Å². The molecule has 1 N–H and O–H groups in total. The third-order valence-electron chi connectivity index (χ3n) is 4.18. The fourth-order valence-corrected chi connectivity index (χ4v) is 4.30. The van der Waals surface area contributed by atoms with Crippen molar-refractivity contribution in [2.75, 3.05) is 0 Å². The molecule has 23 heavy (non-hydrogen) atoms. The van der Waals surface area contributed by atoms with Gasteiger partial charge in [0.2, 0.25) is 0 Å². The number of nitrogens with zero attached hydrogens (tertiary/aromatic N) is 1. The lowest BCUT2D eigenvalue weighted by molar-refractivity contribution is 0.0942. The fourth-order valence-electron chi connectivity index (χ4n) is 3.14. The maximum atomic E-state index is 12.7. The fraction of sp³-hybridized carbons (Fsp3) is 0.211. The normalized spacial score (nSPS) is 16.5. The zero-order chi connectivity index (χ0) is 15.8. The van der Waals surface area contributed by atoms with E-state index < -0.39 is 0 Å². The lowest BCUT2D eigenvalue weighted by atomic mass is 10.2. The van der Waals surface area contributed by atoms with Crippen molar-refractivity contribution in [3.63, 3.8) is 0 Å². The van der Waals surface area contributed by atoms with Gasteiger partial charge in [-0.2, -0.15) is 0 Å². The maximum absolute atomic E-state index is 12.7. The molecule has 2 heterocycles. The van der Waals surface area contributed by atoms with Crippen LogP contribution in [0.2, 0.25) is 0 Å². The van der Waals surface area contributed by atoms with Crippen LogP contribution in [0.1, 0.15) is 23.0 Å². The van der Waals surface area contributed by atoms with E-state index in [-0.39, 0.29) is 5.91 Å². The Balaban J connectivity index is 1.65. The SMILES string of the molecule is CC1Cn2c(C(=O)NCc3ccccc3)cc3cccc(c32)S1.